The van der Waals surface area contributed by atoms with Crippen LogP contribution in [0.3, 0.4) is 0 Å². The number of nitrogens with one attached hydrogen (secondary N) is 1. The van der Waals surface area contributed by atoms with E-state index in [1.807, 2.05) is 26.8 Å². The van der Waals surface area contributed by atoms with Gasteiger partial charge in [-0.3, -0.25) is 0 Å². The predicted octanol–water partition coefficient (Wildman–Crippen LogP) is 4.10. The molecule has 146 valence electrons. The van der Waals surface area contributed by atoms with Gasteiger partial charge in [0.1, 0.15) is 16.8 Å². The standard InChI is InChI=1S/C19H21ClN6OS/c1-10-16(20)25-19(26-17(10)23-8-15-11(2)24-12(3)28-15)27-9-13-7-14(13)18-21-5-4-6-22-18/h4-6,13-14H,7-9H2,1-3H3,(H,23,25,26). The fourth-order valence-corrected chi connectivity index (χ4v) is 4.08. The number of nitrogens with zero attached hydrogens (tertiary/aromatic N) is 5. The number of hydrogen-bond donors (Lipinski definition) is 1. The summed E-state index contributed by atoms with van der Waals surface area (Å²) in [6, 6.07) is 2.11. The first-order valence-electron chi connectivity index (χ1n) is 9.12. The van der Waals surface area contributed by atoms with Gasteiger partial charge in [0.05, 0.1) is 23.9 Å². The van der Waals surface area contributed by atoms with Crippen LogP contribution in [0.25, 0.3) is 0 Å². The molecule has 3 aromatic rings. The molecular weight excluding hydrogens is 396 g/mol. The second kappa shape index (κ2) is 7.97. The lowest BCUT2D eigenvalue weighted by molar-refractivity contribution is 0.273. The second-order valence-corrected chi connectivity index (χ2v) is 8.53. The van der Waals surface area contributed by atoms with Gasteiger partial charge in [-0.2, -0.15) is 9.97 Å². The summed E-state index contributed by atoms with van der Waals surface area (Å²) in [7, 11) is 0. The van der Waals surface area contributed by atoms with Crippen molar-refractivity contribution in [3.05, 3.63) is 50.6 Å². The van der Waals surface area contributed by atoms with E-state index in [0.29, 0.717) is 36.0 Å². The van der Waals surface area contributed by atoms with Gasteiger partial charge in [0.2, 0.25) is 0 Å². The van der Waals surface area contributed by atoms with Gasteiger partial charge in [0, 0.05) is 34.7 Å². The van der Waals surface area contributed by atoms with Crippen LogP contribution in [-0.2, 0) is 6.54 Å². The number of halogens is 1. The molecule has 0 spiro atoms. The van der Waals surface area contributed by atoms with Crippen LogP contribution in [-0.4, -0.2) is 31.5 Å². The Labute approximate surface area is 172 Å². The van der Waals surface area contributed by atoms with E-state index < -0.39 is 0 Å². The minimum absolute atomic E-state index is 0.287. The molecule has 4 rings (SSSR count). The van der Waals surface area contributed by atoms with Crippen molar-refractivity contribution in [2.75, 3.05) is 11.9 Å². The Morgan fingerprint density at radius 3 is 2.68 bits per heavy atom. The lowest BCUT2D eigenvalue weighted by atomic mass is 10.3. The third kappa shape index (κ3) is 4.23. The molecule has 0 aliphatic heterocycles. The second-order valence-electron chi connectivity index (χ2n) is 6.89. The molecule has 9 heteroatoms. The van der Waals surface area contributed by atoms with Gasteiger partial charge in [-0.05, 0) is 33.3 Å². The minimum Gasteiger partial charge on any atom is -0.463 e. The number of hydrogen-bond acceptors (Lipinski definition) is 8. The summed E-state index contributed by atoms with van der Waals surface area (Å²) < 4.78 is 5.83. The Morgan fingerprint density at radius 1 is 1.18 bits per heavy atom. The summed E-state index contributed by atoms with van der Waals surface area (Å²) in [5.41, 5.74) is 1.84. The number of aromatic nitrogens is 5. The molecule has 2 unspecified atom stereocenters. The molecule has 1 N–H and O–H groups in total. The van der Waals surface area contributed by atoms with Crippen LogP contribution in [0.1, 0.15) is 39.3 Å². The fourth-order valence-electron chi connectivity index (χ4n) is 3.04. The highest BCUT2D eigenvalue weighted by atomic mass is 35.5. The van der Waals surface area contributed by atoms with Crippen LogP contribution in [0.5, 0.6) is 6.01 Å². The molecule has 1 aliphatic carbocycles. The zero-order valence-electron chi connectivity index (χ0n) is 15.9. The Kier molecular flexibility index (Phi) is 5.41. The molecule has 0 aromatic carbocycles. The highest BCUT2D eigenvalue weighted by Crippen LogP contribution is 2.45. The van der Waals surface area contributed by atoms with Gasteiger partial charge >= 0.3 is 6.01 Å². The normalized spacial score (nSPS) is 18.1. The number of thiazole rings is 1. The molecule has 1 fully saturated rings. The van der Waals surface area contributed by atoms with Crippen molar-refractivity contribution >= 4 is 28.8 Å². The molecular formula is C19H21ClN6OS. The molecule has 3 heterocycles. The summed E-state index contributed by atoms with van der Waals surface area (Å²) in [5, 5.41) is 4.78. The van der Waals surface area contributed by atoms with Crippen LogP contribution in [0.15, 0.2) is 18.5 Å². The lowest BCUT2D eigenvalue weighted by Crippen LogP contribution is -2.09. The van der Waals surface area contributed by atoms with Gasteiger partial charge in [-0.1, -0.05) is 11.6 Å². The van der Waals surface area contributed by atoms with Crippen molar-refractivity contribution in [3.8, 4) is 6.01 Å². The summed E-state index contributed by atoms with van der Waals surface area (Å²) in [4.78, 5) is 23.0. The molecule has 28 heavy (non-hydrogen) atoms. The highest BCUT2D eigenvalue weighted by molar-refractivity contribution is 7.11. The van der Waals surface area contributed by atoms with Crippen molar-refractivity contribution in [1.29, 1.82) is 0 Å². The maximum Gasteiger partial charge on any atom is 0.319 e. The molecule has 2 atom stereocenters. The summed E-state index contributed by atoms with van der Waals surface area (Å²) >= 11 is 7.97. The number of aryl methyl sites for hydroxylation is 2. The van der Waals surface area contributed by atoms with E-state index in [1.165, 1.54) is 4.88 Å². The number of anilines is 1. The predicted molar refractivity (Wildman–Crippen MR) is 109 cm³/mol. The number of ether oxygens (including phenoxy) is 1. The van der Waals surface area contributed by atoms with E-state index in [0.717, 1.165) is 28.5 Å². The van der Waals surface area contributed by atoms with Crippen LogP contribution in [0, 0.1) is 26.7 Å². The van der Waals surface area contributed by atoms with E-state index >= 15 is 0 Å². The Morgan fingerprint density at radius 2 is 1.96 bits per heavy atom. The molecule has 1 saturated carbocycles. The van der Waals surface area contributed by atoms with Crippen LogP contribution in [0.4, 0.5) is 5.82 Å². The quantitative estimate of drug-likeness (QED) is 0.580. The van der Waals surface area contributed by atoms with Crippen molar-refractivity contribution in [3.63, 3.8) is 0 Å². The number of rotatable bonds is 7. The first kappa shape index (κ1) is 19.0. The molecule has 0 bridgehead atoms. The summed E-state index contributed by atoms with van der Waals surface area (Å²) in [6.07, 6.45) is 4.55. The van der Waals surface area contributed by atoms with Crippen LogP contribution >= 0.6 is 22.9 Å². The SMILES string of the molecule is Cc1nc(C)c(CNc2nc(OCC3CC3c3ncccn3)nc(Cl)c2C)s1. The van der Waals surface area contributed by atoms with Crippen molar-refractivity contribution in [1.82, 2.24) is 24.9 Å². The maximum atomic E-state index is 6.29. The molecule has 7 nitrogen and oxygen atoms in total. The molecule has 0 amide bonds. The van der Waals surface area contributed by atoms with Gasteiger partial charge in [0.25, 0.3) is 0 Å². The third-order valence-electron chi connectivity index (χ3n) is 4.75. The maximum absolute atomic E-state index is 6.29. The Balaban J connectivity index is 1.39. The smallest absolute Gasteiger partial charge is 0.319 e. The zero-order chi connectivity index (χ0) is 19.7. The molecule has 3 aromatic heterocycles. The monoisotopic (exact) mass is 416 g/mol. The summed E-state index contributed by atoms with van der Waals surface area (Å²) in [5.74, 6) is 2.28. The Bertz CT molecular complexity index is 980. The summed E-state index contributed by atoms with van der Waals surface area (Å²) in [6.45, 7) is 7.07. The van der Waals surface area contributed by atoms with Crippen LogP contribution in [0.2, 0.25) is 5.15 Å². The largest absolute Gasteiger partial charge is 0.463 e. The average Bonchev–Trinajstić information content (AvgIpc) is 3.39. The highest BCUT2D eigenvalue weighted by Gasteiger charge is 2.41. The van der Waals surface area contributed by atoms with Crippen molar-refractivity contribution in [2.45, 2.75) is 39.7 Å². The molecule has 0 saturated heterocycles. The van der Waals surface area contributed by atoms with E-state index in [-0.39, 0.29) is 6.01 Å². The molecule has 0 radical (unpaired) electrons. The third-order valence-corrected chi connectivity index (χ3v) is 6.19. The van der Waals surface area contributed by atoms with Crippen molar-refractivity contribution < 1.29 is 4.74 Å². The first-order chi connectivity index (χ1) is 13.5. The molecule has 1 aliphatic rings. The van der Waals surface area contributed by atoms with E-state index in [2.05, 4.69) is 30.2 Å². The minimum atomic E-state index is 0.287. The average molecular weight is 417 g/mol. The van der Waals surface area contributed by atoms with E-state index in [9.17, 15) is 0 Å². The topological polar surface area (TPSA) is 85.7 Å². The fraction of sp³-hybridized carbons (Fsp3) is 0.421. The lowest BCUT2D eigenvalue weighted by Gasteiger charge is -2.11. The van der Waals surface area contributed by atoms with E-state index in [4.69, 9.17) is 16.3 Å². The van der Waals surface area contributed by atoms with Crippen LogP contribution < -0.4 is 10.1 Å². The van der Waals surface area contributed by atoms with E-state index in [1.54, 1.807) is 23.7 Å². The van der Waals surface area contributed by atoms with Crippen molar-refractivity contribution in [2.24, 2.45) is 5.92 Å². The van der Waals surface area contributed by atoms with Gasteiger partial charge < -0.3 is 10.1 Å². The Hall–Kier alpha value is -2.32. The van der Waals surface area contributed by atoms with Gasteiger partial charge in [0.15, 0.2) is 0 Å². The first-order valence-corrected chi connectivity index (χ1v) is 10.3. The zero-order valence-corrected chi connectivity index (χ0v) is 17.5. The van der Waals surface area contributed by atoms with Gasteiger partial charge in [-0.25, -0.2) is 15.0 Å². The van der Waals surface area contributed by atoms with Gasteiger partial charge in [-0.15, -0.1) is 11.3 Å².